The van der Waals surface area contributed by atoms with Crippen LogP contribution in [0, 0.1) is 0 Å². The van der Waals surface area contributed by atoms with Crippen molar-refractivity contribution in [2.24, 2.45) is 0 Å². The Morgan fingerprint density at radius 2 is 1.06 bits per heavy atom. The normalized spacial score (nSPS) is 11.6. The van der Waals surface area contributed by atoms with Gasteiger partial charge in [0, 0.05) is 0 Å². The number of benzene rings is 2. The van der Waals surface area contributed by atoms with Gasteiger partial charge in [-0.3, -0.25) is 0 Å². The molecule has 0 atom stereocenters. The second-order valence-electron chi connectivity index (χ2n) is 9.50. The number of hydrogen-bond donors (Lipinski definition) is 0. The van der Waals surface area contributed by atoms with Crippen LogP contribution in [0.25, 0.3) is 22.1 Å². The molecular weight excluding hydrogens is 388 g/mol. The molecule has 174 valence electrons. The molecule has 2 heteroatoms. The number of fused-ring (bicyclic) bond motifs is 2. The minimum atomic E-state index is 1.02. The summed E-state index contributed by atoms with van der Waals surface area (Å²) >= 11 is 0. The van der Waals surface area contributed by atoms with Crippen LogP contribution in [0.1, 0.15) is 115 Å². The molecule has 1 aromatic heterocycles. The summed E-state index contributed by atoms with van der Waals surface area (Å²) < 4.78 is 0. The van der Waals surface area contributed by atoms with Gasteiger partial charge in [-0.2, -0.15) is 0 Å². The number of nitrogens with zero attached hydrogens (tertiary/aromatic N) is 2. The molecule has 0 aliphatic carbocycles. The molecule has 0 spiro atoms. The highest BCUT2D eigenvalue weighted by atomic mass is 14.8. The van der Waals surface area contributed by atoms with E-state index < -0.39 is 0 Å². The molecule has 3 aromatic rings. The van der Waals surface area contributed by atoms with Crippen molar-refractivity contribution >= 4 is 22.1 Å². The number of unbranched alkanes of at least 4 members (excludes halogenated alkanes) is 9. The Hall–Kier alpha value is -1.96. The lowest BCUT2D eigenvalue weighted by Crippen LogP contribution is -2.06. The van der Waals surface area contributed by atoms with E-state index in [1.807, 2.05) is 0 Å². The number of hydrogen-bond acceptors (Lipinski definition) is 2. The third-order valence-electron chi connectivity index (χ3n) is 6.81. The highest BCUT2D eigenvalue weighted by Crippen LogP contribution is 2.30. The quantitative estimate of drug-likeness (QED) is 0.177. The number of para-hydroxylation sites is 2. The van der Waals surface area contributed by atoms with Crippen LogP contribution in [-0.4, -0.2) is 9.97 Å². The lowest BCUT2D eigenvalue weighted by Gasteiger charge is -2.18. The summed E-state index contributed by atoms with van der Waals surface area (Å²) in [4.78, 5) is 10.2. The first-order valence-electron chi connectivity index (χ1n) is 13.5. The minimum absolute atomic E-state index is 1.02. The van der Waals surface area contributed by atoms with Gasteiger partial charge >= 0.3 is 0 Å². The SMILES string of the molecule is CCCCCCc1cc2nc3ccccc3nc2c(CCCCCC)c1CCCCCC. The van der Waals surface area contributed by atoms with Crippen molar-refractivity contribution in [2.45, 2.75) is 117 Å². The van der Waals surface area contributed by atoms with Crippen molar-refractivity contribution < 1.29 is 0 Å². The van der Waals surface area contributed by atoms with Crippen molar-refractivity contribution in [3.63, 3.8) is 0 Å². The van der Waals surface area contributed by atoms with E-state index in [-0.39, 0.29) is 0 Å². The Morgan fingerprint density at radius 1 is 0.531 bits per heavy atom. The van der Waals surface area contributed by atoms with Gasteiger partial charge < -0.3 is 0 Å². The van der Waals surface area contributed by atoms with Gasteiger partial charge in [0.15, 0.2) is 0 Å². The smallest absolute Gasteiger partial charge is 0.0929 e. The van der Waals surface area contributed by atoms with E-state index >= 15 is 0 Å². The molecule has 2 nitrogen and oxygen atoms in total. The molecule has 32 heavy (non-hydrogen) atoms. The summed E-state index contributed by atoms with van der Waals surface area (Å²) in [5, 5.41) is 0. The Labute approximate surface area is 196 Å². The summed E-state index contributed by atoms with van der Waals surface area (Å²) in [5.41, 5.74) is 9.01. The van der Waals surface area contributed by atoms with E-state index in [0.29, 0.717) is 0 Å². The maximum atomic E-state index is 5.17. The molecule has 0 aliphatic rings. The van der Waals surface area contributed by atoms with Crippen LogP contribution in [0.3, 0.4) is 0 Å². The second kappa shape index (κ2) is 13.6. The molecule has 0 unspecified atom stereocenters. The summed E-state index contributed by atoms with van der Waals surface area (Å²) in [7, 11) is 0. The van der Waals surface area contributed by atoms with Gasteiger partial charge in [0.2, 0.25) is 0 Å². The van der Waals surface area contributed by atoms with Gasteiger partial charge in [-0.25, -0.2) is 9.97 Å². The first kappa shape index (κ1) is 24.7. The maximum absolute atomic E-state index is 5.17. The molecule has 3 rings (SSSR count). The van der Waals surface area contributed by atoms with Gasteiger partial charge in [-0.15, -0.1) is 0 Å². The van der Waals surface area contributed by atoms with Crippen molar-refractivity contribution in [1.29, 1.82) is 0 Å². The van der Waals surface area contributed by atoms with Crippen LogP contribution in [0.4, 0.5) is 0 Å². The van der Waals surface area contributed by atoms with Crippen molar-refractivity contribution in [1.82, 2.24) is 9.97 Å². The van der Waals surface area contributed by atoms with E-state index in [1.54, 1.807) is 11.1 Å². The molecule has 0 fully saturated rings. The van der Waals surface area contributed by atoms with Crippen LogP contribution in [0.5, 0.6) is 0 Å². The zero-order chi connectivity index (χ0) is 22.6. The van der Waals surface area contributed by atoms with Gasteiger partial charge in [0.25, 0.3) is 0 Å². The predicted molar refractivity (Wildman–Crippen MR) is 141 cm³/mol. The van der Waals surface area contributed by atoms with Gasteiger partial charge in [-0.1, -0.05) is 90.7 Å². The van der Waals surface area contributed by atoms with Gasteiger partial charge in [0.05, 0.1) is 22.1 Å². The largest absolute Gasteiger partial charge is 0.244 e. The van der Waals surface area contributed by atoms with Crippen LogP contribution in [0.2, 0.25) is 0 Å². The first-order chi connectivity index (χ1) is 15.8. The zero-order valence-electron chi connectivity index (χ0n) is 20.9. The molecule has 1 heterocycles. The molecule has 0 bridgehead atoms. The van der Waals surface area contributed by atoms with E-state index in [9.17, 15) is 0 Å². The maximum Gasteiger partial charge on any atom is 0.0929 e. The summed E-state index contributed by atoms with van der Waals surface area (Å²) in [6.45, 7) is 6.89. The van der Waals surface area contributed by atoms with Gasteiger partial charge in [-0.05, 0) is 73.4 Å². The molecule has 0 saturated carbocycles. The van der Waals surface area contributed by atoms with E-state index in [2.05, 4.69) is 51.1 Å². The lowest BCUT2D eigenvalue weighted by molar-refractivity contribution is 0.641. The summed E-state index contributed by atoms with van der Waals surface area (Å²) in [6, 6.07) is 10.8. The molecule has 0 aliphatic heterocycles. The number of aromatic nitrogens is 2. The topological polar surface area (TPSA) is 25.8 Å². The fourth-order valence-electron chi connectivity index (χ4n) is 4.93. The minimum Gasteiger partial charge on any atom is -0.244 e. The second-order valence-corrected chi connectivity index (χ2v) is 9.50. The van der Waals surface area contributed by atoms with Crippen LogP contribution in [0.15, 0.2) is 30.3 Å². The Kier molecular flexibility index (Phi) is 10.5. The average molecular weight is 433 g/mol. The third-order valence-corrected chi connectivity index (χ3v) is 6.81. The van der Waals surface area contributed by atoms with Crippen LogP contribution >= 0.6 is 0 Å². The fourth-order valence-corrected chi connectivity index (χ4v) is 4.93. The molecule has 0 radical (unpaired) electrons. The Morgan fingerprint density at radius 3 is 1.66 bits per heavy atom. The van der Waals surface area contributed by atoms with E-state index in [4.69, 9.17) is 9.97 Å². The summed E-state index contributed by atoms with van der Waals surface area (Å²) in [6.07, 6.45) is 19.3. The van der Waals surface area contributed by atoms with Crippen molar-refractivity contribution in [3.05, 3.63) is 47.0 Å². The monoisotopic (exact) mass is 432 g/mol. The van der Waals surface area contributed by atoms with Crippen molar-refractivity contribution in [2.75, 3.05) is 0 Å². The third kappa shape index (κ3) is 6.77. The van der Waals surface area contributed by atoms with Crippen LogP contribution < -0.4 is 0 Å². The van der Waals surface area contributed by atoms with E-state index in [1.165, 1.54) is 101 Å². The van der Waals surface area contributed by atoms with Gasteiger partial charge in [0.1, 0.15) is 0 Å². The number of aryl methyl sites for hydroxylation is 2. The fraction of sp³-hybridized carbons (Fsp3) is 0.600. The Bertz CT molecular complexity index is 960. The molecule has 0 N–H and O–H groups in total. The molecule has 0 amide bonds. The summed E-state index contributed by atoms with van der Waals surface area (Å²) in [5.74, 6) is 0. The highest BCUT2D eigenvalue weighted by Gasteiger charge is 2.16. The molecule has 0 saturated heterocycles. The van der Waals surface area contributed by atoms with Crippen LogP contribution in [-0.2, 0) is 19.3 Å². The number of rotatable bonds is 15. The van der Waals surface area contributed by atoms with E-state index in [0.717, 1.165) is 23.0 Å². The highest BCUT2D eigenvalue weighted by molar-refractivity contribution is 5.89. The first-order valence-corrected chi connectivity index (χ1v) is 13.5. The molecule has 2 aromatic carbocycles. The van der Waals surface area contributed by atoms with Crippen molar-refractivity contribution in [3.8, 4) is 0 Å². The zero-order valence-corrected chi connectivity index (χ0v) is 20.9. The predicted octanol–water partition coefficient (Wildman–Crippen LogP) is 9.15. The standard InChI is InChI=1S/C30H44N2/c1-4-7-10-13-18-24-23-29-30(32-28-22-17-16-21-27(28)31-29)26(20-15-12-9-6-3)25(24)19-14-11-8-5-2/h16-17,21-23H,4-15,18-20H2,1-3H3. The molecular formula is C30H44N2. The Balaban J connectivity index is 2.03. The average Bonchev–Trinajstić information content (AvgIpc) is 2.81. The lowest BCUT2D eigenvalue weighted by atomic mass is 9.88.